The largest absolute Gasteiger partial charge is 0.347 e. The molecule has 1 heterocycles. The first-order valence-electron chi connectivity index (χ1n) is 4.72. The topological polar surface area (TPSA) is 44.7 Å². The van der Waals surface area contributed by atoms with Crippen molar-refractivity contribution in [2.45, 2.75) is 6.92 Å². The Kier molecular flexibility index (Phi) is 2.66. The van der Waals surface area contributed by atoms with Gasteiger partial charge in [0.15, 0.2) is 0 Å². The van der Waals surface area contributed by atoms with Crippen molar-refractivity contribution < 1.29 is 4.79 Å². The van der Waals surface area contributed by atoms with Gasteiger partial charge in [0, 0.05) is 16.8 Å². The number of halogens is 1. The molecule has 1 aliphatic heterocycles. The van der Waals surface area contributed by atoms with Crippen LogP contribution in [0.4, 0.5) is 10.5 Å². The van der Waals surface area contributed by atoms with Crippen molar-refractivity contribution in [2.24, 2.45) is 5.10 Å². The highest BCUT2D eigenvalue weighted by atomic mass is 35.5. The van der Waals surface area contributed by atoms with Crippen molar-refractivity contribution in [2.75, 3.05) is 5.32 Å². The summed E-state index contributed by atoms with van der Waals surface area (Å²) in [4.78, 5) is 11.6. The number of urea groups is 1. The maximum absolute atomic E-state index is 11.6. The molecule has 0 aromatic heterocycles. The number of hydrazone groups is 1. The molecule has 0 unspecified atom stereocenters. The molecule has 82 valence electrons. The number of rotatable bonds is 1. The molecule has 1 aromatic carbocycles. The van der Waals surface area contributed by atoms with Crippen LogP contribution in [0.5, 0.6) is 0 Å². The minimum Gasteiger partial charge on any atom is -0.305 e. The molecule has 0 saturated heterocycles. The van der Waals surface area contributed by atoms with Gasteiger partial charge in [-0.1, -0.05) is 18.2 Å². The van der Waals surface area contributed by atoms with E-state index in [-0.39, 0.29) is 6.03 Å². The second-order valence-electron chi connectivity index (χ2n) is 3.25. The van der Waals surface area contributed by atoms with E-state index in [2.05, 4.69) is 17.0 Å². The van der Waals surface area contributed by atoms with E-state index in [1.165, 1.54) is 11.2 Å². The third kappa shape index (κ3) is 1.67. The van der Waals surface area contributed by atoms with E-state index < -0.39 is 0 Å². The van der Waals surface area contributed by atoms with Crippen LogP contribution in [0, 0.1) is 0 Å². The molecule has 2 rings (SSSR count). The van der Waals surface area contributed by atoms with Crippen LogP contribution in [0.3, 0.4) is 0 Å². The molecular weight excluding hydrogens is 226 g/mol. The van der Waals surface area contributed by atoms with Gasteiger partial charge in [-0.05, 0) is 25.1 Å². The molecule has 2 amide bonds. The zero-order chi connectivity index (χ0) is 11.7. The fourth-order valence-electron chi connectivity index (χ4n) is 1.51. The number of carbonyl (C=O) groups is 1. The smallest absolute Gasteiger partial charge is 0.305 e. The Bertz CT molecular complexity index is 496. The summed E-state index contributed by atoms with van der Waals surface area (Å²) in [6.07, 6.45) is 1.53. The molecule has 0 bridgehead atoms. The molecule has 0 fully saturated rings. The third-order valence-corrected chi connectivity index (χ3v) is 2.45. The van der Waals surface area contributed by atoms with Gasteiger partial charge < -0.3 is 5.32 Å². The maximum Gasteiger partial charge on any atom is 0.347 e. The van der Waals surface area contributed by atoms with E-state index in [4.69, 9.17) is 11.6 Å². The zero-order valence-corrected chi connectivity index (χ0v) is 9.45. The van der Waals surface area contributed by atoms with Gasteiger partial charge >= 0.3 is 6.03 Å². The van der Waals surface area contributed by atoms with Gasteiger partial charge in [0.2, 0.25) is 0 Å². The van der Waals surface area contributed by atoms with E-state index in [1.807, 2.05) is 0 Å². The number of anilines is 1. The Morgan fingerprint density at radius 2 is 2.31 bits per heavy atom. The van der Waals surface area contributed by atoms with Crippen LogP contribution in [0.2, 0.25) is 5.02 Å². The highest BCUT2D eigenvalue weighted by Crippen LogP contribution is 2.32. The summed E-state index contributed by atoms with van der Waals surface area (Å²) in [5.74, 6) is 0. The van der Waals surface area contributed by atoms with Crippen LogP contribution in [-0.2, 0) is 0 Å². The summed E-state index contributed by atoms with van der Waals surface area (Å²) < 4.78 is 0. The lowest BCUT2D eigenvalue weighted by Crippen LogP contribution is -2.33. The lowest BCUT2D eigenvalue weighted by molar-refractivity contribution is 0.232. The second-order valence-corrected chi connectivity index (χ2v) is 3.69. The van der Waals surface area contributed by atoms with Crippen LogP contribution >= 0.6 is 11.6 Å². The predicted molar refractivity (Wildman–Crippen MR) is 65.5 cm³/mol. The SMILES string of the molecule is C=C1c2cc(Cl)ccc2NC(=O)N1/N=C\C. The van der Waals surface area contributed by atoms with E-state index >= 15 is 0 Å². The van der Waals surface area contributed by atoms with Crippen LogP contribution in [-0.4, -0.2) is 17.3 Å². The average Bonchev–Trinajstić information content (AvgIpc) is 2.26. The van der Waals surface area contributed by atoms with Crippen molar-refractivity contribution in [3.8, 4) is 0 Å². The zero-order valence-electron chi connectivity index (χ0n) is 8.70. The quantitative estimate of drug-likeness (QED) is 0.747. The van der Waals surface area contributed by atoms with Crippen molar-refractivity contribution in [3.63, 3.8) is 0 Å². The van der Waals surface area contributed by atoms with E-state index in [1.54, 1.807) is 25.1 Å². The Hall–Kier alpha value is -1.81. The first kappa shape index (κ1) is 10.7. The molecule has 1 aliphatic rings. The summed E-state index contributed by atoms with van der Waals surface area (Å²) in [5, 5.41) is 8.44. The first-order chi connectivity index (χ1) is 7.63. The van der Waals surface area contributed by atoms with Gasteiger partial charge in [-0.25, -0.2) is 4.79 Å². The Labute approximate surface area is 98.2 Å². The number of nitrogens with zero attached hydrogens (tertiary/aromatic N) is 2. The number of nitrogens with one attached hydrogen (secondary N) is 1. The number of benzene rings is 1. The minimum atomic E-state index is -0.321. The van der Waals surface area contributed by atoms with E-state index in [0.29, 0.717) is 16.4 Å². The van der Waals surface area contributed by atoms with Gasteiger partial charge in [-0.3, -0.25) is 0 Å². The molecule has 5 heteroatoms. The summed E-state index contributed by atoms with van der Waals surface area (Å²) in [6, 6.07) is 4.88. The summed E-state index contributed by atoms with van der Waals surface area (Å²) in [7, 11) is 0. The van der Waals surface area contributed by atoms with Gasteiger partial charge in [0.05, 0.1) is 11.4 Å². The average molecular weight is 236 g/mol. The Morgan fingerprint density at radius 1 is 1.56 bits per heavy atom. The number of fused-ring (bicyclic) bond motifs is 1. The first-order valence-corrected chi connectivity index (χ1v) is 5.10. The molecule has 1 N–H and O–H groups in total. The molecule has 0 radical (unpaired) electrons. The highest BCUT2D eigenvalue weighted by molar-refractivity contribution is 6.31. The third-order valence-electron chi connectivity index (χ3n) is 2.21. The maximum atomic E-state index is 11.6. The van der Waals surface area contributed by atoms with E-state index in [9.17, 15) is 4.79 Å². The van der Waals surface area contributed by atoms with Crippen LogP contribution in [0.15, 0.2) is 29.9 Å². The molecule has 1 aromatic rings. The van der Waals surface area contributed by atoms with Crippen LogP contribution in [0.1, 0.15) is 12.5 Å². The van der Waals surface area contributed by atoms with Crippen molar-refractivity contribution in [3.05, 3.63) is 35.4 Å². The Morgan fingerprint density at radius 3 is 3.00 bits per heavy atom. The number of carbonyl (C=O) groups excluding carboxylic acids is 1. The molecular formula is C11H10ClN3O. The minimum absolute atomic E-state index is 0.321. The Balaban J connectivity index is 2.50. The predicted octanol–water partition coefficient (Wildman–Crippen LogP) is 3.16. The normalized spacial score (nSPS) is 15.2. The summed E-state index contributed by atoms with van der Waals surface area (Å²) >= 11 is 5.89. The van der Waals surface area contributed by atoms with Crippen molar-refractivity contribution in [1.29, 1.82) is 0 Å². The molecule has 16 heavy (non-hydrogen) atoms. The summed E-state index contributed by atoms with van der Waals surface area (Å²) in [5.41, 5.74) is 1.99. The number of amides is 2. The summed E-state index contributed by atoms with van der Waals surface area (Å²) in [6.45, 7) is 5.57. The monoisotopic (exact) mass is 235 g/mol. The van der Waals surface area contributed by atoms with Gasteiger partial charge in [0.1, 0.15) is 0 Å². The molecule has 0 aliphatic carbocycles. The molecule has 0 spiro atoms. The fourth-order valence-corrected chi connectivity index (χ4v) is 1.68. The molecule has 0 atom stereocenters. The number of hydrogen-bond acceptors (Lipinski definition) is 2. The van der Waals surface area contributed by atoms with Crippen LogP contribution < -0.4 is 5.32 Å². The van der Waals surface area contributed by atoms with Gasteiger partial charge in [-0.2, -0.15) is 10.1 Å². The van der Waals surface area contributed by atoms with Gasteiger partial charge in [-0.15, -0.1) is 0 Å². The lowest BCUT2D eigenvalue weighted by Gasteiger charge is -2.27. The van der Waals surface area contributed by atoms with Gasteiger partial charge in [0.25, 0.3) is 0 Å². The highest BCUT2D eigenvalue weighted by Gasteiger charge is 2.25. The van der Waals surface area contributed by atoms with E-state index in [0.717, 1.165) is 5.56 Å². The van der Waals surface area contributed by atoms with Crippen LogP contribution in [0.25, 0.3) is 5.70 Å². The molecule has 0 saturated carbocycles. The fraction of sp³-hybridized carbons (Fsp3) is 0.0909. The molecule has 4 nitrogen and oxygen atoms in total. The second kappa shape index (κ2) is 3.98. The lowest BCUT2D eigenvalue weighted by atomic mass is 10.1. The standard InChI is InChI=1S/C11H10ClN3O/c1-3-13-15-7(2)9-6-8(12)4-5-10(9)14-11(15)16/h3-6H,2H2,1H3,(H,14,16)/b13-3-. The van der Waals surface area contributed by atoms with Crippen molar-refractivity contribution in [1.82, 2.24) is 5.01 Å². The van der Waals surface area contributed by atoms with Crippen molar-refractivity contribution >= 4 is 35.2 Å². The number of hydrogen-bond donors (Lipinski definition) is 1.